The molecule has 0 saturated carbocycles. The zero-order valence-electron chi connectivity index (χ0n) is 13.2. The highest BCUT2D eigenvalue weighted by Gasteiger charge is 2.41. The first-order valence-electron chi connectivity index (χ1n) is 7.86. The molecule has 1 fully saturated rings. The number of carboxylic acids is 1. The van der Waals surface area contributed by atoms with E-state index in [-0.39, 0.29) is 24.3 Å². The van der Waals surface area contributed by atoms with Crippen LogP contribution < -0.4 is 0 Å². The maximum Gasteiger partial charge on any atom is 0.308 e. The minimum atomic E-state index is -0.849. The van der Waals surface area contributed by atoms with E-state index < -0.39 is 11.9 Å². The number of rotatable bonds is 7. The van der Waals surface area contributed by atoms with E-state index in [2.05, 4.69) is 13.2 Å². The van der Waals surface area contributed by atoms with Crippen LogP contribution in [0.2, 0.25) is 0 Å². The molecule has 1 aromatic carbocycles. The first-order valence-corrected chi connectivity index (χ1v) is 7.86. The molecule has 0 bridgehead atoms. The molecule has 2 rings (SSSR count). The van der Waals surface area contributed by atoms with Crippen LogP contribution in [0.15, 0.2) is 55.6 Å². The van der Waals surface area contributed by atoms with E-state index in [1.54, 1.807) is 17.1 Å². The van der Waals surface area contributed by atoms with E-state index in [1.807, 2.05) is 30.3 Å². The fraction of sp³-hybridized carbons (Fsp3) is 0.368. The molecule has 1 aliphatic rings. The maximum atomic E-state index is 12.7. The lowest BCUT2D eigenvalue weighted by atomic mass is 9.89. The first-order chi connectivity index (χ1) is 11.1. The Hall–Kier alpha value is -2.36. The summed E-state index contributed by atoms with van der Waals surface area (Å²) in [6.07, 6.45) is 4.61. The standard InChI is InChI=1S/C19H23NO3/c1-3-8-15(9-4-2)18(21)20-12-16(17(13-20)19(22)23)14-10-6-5-7-11-14/h3-7,10-11,15-17H,1-2,8-9,12-13H2,(H,22,23)/t16-,17-/m1/s1. The van der Waals surface area contributed by atoms with E-state index in [1.165, 1.54) is 0 Å². The number of hydrogen-bond donors (Lipinski definition) is 1. The second-order valence-electron chi connectivity index (χ2n) is 5.95. The molecule has 1 amide bonds. The van der Waals surface area contributed by atoms with Gasteiger partial charge in [0.15, 0.2) is 0 Å². The Morgan fingerprint density at radius 3 is 2.30 bits per heavy atom. The normalized spacial score (nSPS) is 20.5. The number of amides is 1. The van der Waals surface area contributed by atoms with Gasteiger partial charge in [0, 0.05) is 24.9 Å². The molecule has 1 saturated heterocycles. The van der Waals surface area contributed by atoms with Gasteiger partial charge in [-0.15, -0.1) is 13.2 Å². The number of carbonyl (C=O) groups excluding carboxylic acids is 1. The quantitative estimate of drug-likeness (QED) is 0.787. The first kappa shape index (κ1) is 17.0. The number of nitrogens with zero attached hydrogens (tertiary/aromatic N) is 1. The molecule has 0 aliphatic carbocycles. The number of likely N-dealkylation sites (tertiary alicyclic amines) is 1. The lowest BCUT2D eigenvalue weighted by Gasteiger charge is -2.22. The fourth-order valence-electron chi connectivity index (χ4n) is 3.23. The number of hydrogen-bond acceptors (Lipinski definition) is 2. The Bertz CT molecular complexity index is 572. The Labute approximate surface area is 137 Å². The van der Waals surface area contributed by atoms with E-state index in [9.17, 15) is 14.7 Å². The molecular formula is C19H23NO3. The van der Waals surface area contributed by atoms with Crippen LogP contribution in [0.3, 0.4) is 0 Å². The van der Waals surface area contributed by atoms with Crippen molar-refractivity contribution in [2.75, 3.05) is 13.1 Å². The fourth-order valence-corrected chi connectivity index (χ4v) is 3.23. The molecule has 23 heavy (non-hydrogen) atoms. The number of benzene rings is 1. The number of aliphatic carboxylic acids is 1. The lowest BCUT2D eigenvalue weighted by Crippen LogP contribution is -2.35. The van der Waals surface area contributed by atoms with Crippen molar-refractivity contribution >= 4 is 11.9 Å². The van der Waals surface area contributed by atoms with Crippen LogP contribution in [-0.4, -0.2) is 35.0 Å². The van der Waals surface area contributed by atoms with E-state index in [4.69, 9.17) is 0 Å². The van der Waals surface area contributed by atoms with Gasteiger partial charge in [-0.25, -0.2) is 0 Å². The molecule has 1 N–H and O–H groups in total. The summed E-state index contributed by atoms with van der Waals surface area (Å²) >= 11 is 0. The summed E-state index contributed by atoms with van der Waals surface area (Å²) in [5.74, 6) is -1.78. The summed E-state index contributed by atoms with van der Waals surface area (Å²) < 4.78 is 0. The van der Waals surface area contributed by atoms with Crippen molar-refractivity contribution in [1.82, 2.24) is 4.90 Å². The highest BCUT2D eigenvalue weighted by atomic mass is 16.4. The van der Waals surface area contributed by atoms with Crippen LogP contribution in [0, 0.1) is 11.8 Å². The van der Waals surface area contributed by atoms with Gasteiger partial charge in [-0.05, 0) is 18.4 Å². The molecule has 2 atom stereocenters. The van der Waals surface area contributed by atoms with E-state index in [0.29, 0.717) is 19.4 Å². The molecule has 4 nitrogen and oxygen atoms in total. The molecule has 0 aromatic heterocycles. The Morgan fingerprint density at radius 2 is 1.78 bits per heavy atom. The summed E-state index contributed by atoms with van der Waals surface area (Å²) in [5, 5.41) is 9.52. The van der Waals surface area contributed by atoms with E-state index >= 15 is 0 Å². The predicted octanol–water partition coefficient (Wildman–Crippen LogP) is 3.08. The highest BCUT2D eigenvalue weighted by Crippen LogP contribution is 2.34. The zero-order valence-corrected chi connectivity index (χ0v) is 13.2. The van der Waals surface area contributed by atoms with Crippen LogP contribution in [-0.2, 0) is 9.59 Å². The summed E-state index contributed by atoms with van der Waals surface area (Å²) in [5.41, 5.74) is 0.971. The number of carboxylic acid groups (broad SMARTS) is 1. The third-order valence-electron chi connectivity index (χ3n) is 4.43. The minimum absolute atomic E-state index is 0.00511. The van der Waals surface area contributed by atoms with Crippen molar-refractivity contribution < 1.29 is 14.7 Å². The molecule has 4 heteroatoms. The van der Waals surface area contributed by atoms with Crippen LogP contribution in [0.25, 0.3) is 0 Å². The highest BCUT2D eigenvalue weighted by molar-refractivity contribution is 5.81. The average molecular weight is 313 g/mol. The third-order valence-corrected chi connectivity index (χ3v) is 4.43. The molecule has 1 aliphatic heterocycles. The van der Waals surface area contributed by atoms with Crippen molar-refractivity contribution in [3.8, 4) is 0 Å². The molecule has 0 radical (unpaired) electrons. The predicted molar refractivity (Wildman–Crippen MR) is 90.0 cm³/mol. The third kappa shape index (κ3) is 3.89. The summed E-state index contributed by atoms with van der Waals surface area (Å²) in [4.78, 5) is 26.0. The van der Waals surface area contributed by atoms with Gasteiger partial charge in [0.1, 0.15) is 0 Å². The van der Waals surface area contributed by atoms with Gasteiger partial charge >= 0.3 is 5.97 Å². The van der Waals surface area contributed by atoms with Crippen LogP contribution in [0.5, 0.6) is 0 Å². The summed E-state index contributed by atoms with van der Waals surface area (Å²) in [6, 6.07) is 9.56. The zero-order chi connectivity index (χ0) is 16.8. The largest absolute Gasteiger partial charge is 0.481 e. The summed E-state index contributed by atoms with van der Waals surface area (Å²) in [7, 11) is 0. The van der Waals surface area contributed by atoms with Gasteiger partial charge in [0.25, 0.3) is 0 Å². The second-order valence-corrected chi connectivity index (χ2v) is 5.95. The van der Waals surface area contributed by atoms with Crippen molar-refractivity contribution in [3.63, 3.8) is 0 Å². The van der Waals surface area contributed by atoms with Crippen molar-refractivity contribution in [3.05, 3.63) is 61.2 Å². The van der Waals surface area contributed by atoms with Gasteiger partial charge in [-0.1, -0.05) is 42.5 Å². The van der Waals surface area contributed by atoms with Gasteiger partial charge in [0.05, 0.1) is 5.92 Å². The van der Waals surface area contributed by atoms with Crippen LogP contribution in [0.1, 0.15) is 24.3 Å². The summed E-state index contributed by atoms with van der Waals surface area (Å²) in [6.45, 7) is 8.11. The Kier molecular flexibility index (Phi) is 5.74. The maximum absolute atomic E-state index is 12.7. The Balaban J connectivity index is 2.19. The molecule has 0 spiro atoms. The van der Waals surface area contributed by atoms with E-state index in [0.717, 1.165) is 5.56 Å². The molecule has 1 heterocycles. The number of carbonyl (C=O) groups is 2. The SMILES string of the molecule is C=CCC(CC=C)C(=O)N1C[C@H](c2ccccc2)[C@H](C(=O)O)C1. The monoisotopic (exact) mass is 313 g/mol. The molecule has 1 aromatic rings. The van der Waals surface area contributed by atoms with Gasteiger partial charge in [-0.3, -0.25) is 9.59 Å². The number of allylic oxidation sites excluding steroid dienone is 2. The molecule has 0 unspecified atom stereocenters. The topological polar surface area (TPSA) is 57.6 Å². The van der Waals surface area contributed by atoms with Gasteiger partial charge in [0.2, 0.25) is 5.91 Å². The molecular weight excluding hydrogens is 290 g/mol. The Morgan fingerprint density at radius 1 is 1.17 bits per heavy atom. The second kappa shape index (κ2) is 7.77. The smallest absolute Gasteiger partial charge is 0.308 e. The molecule has 122 valence electrons. The average Bonchev–Trinajstić information content (AvgIpc) is 3.00. The van der Waals surface area contributed by atoms with Crippen molar-refractivity contribution in [2.24, 2.45) is 11.8 Å². The van der Waals surface area contributed by atoms with Gasteiger partial charge < -0.3 is 10.0 Å². The van der Waals surface area contributed by atoms with Gasteiger partial charge in [-0.2, -0.15) is 0 Å². The van der Waals surface area contributed by atoms with Crippen molar-refractivity contribution in [2.45, 2.75) is 18.8 Å². The lowest BCUT2D eigenvalue weighted by molar-refractivity contribution is -0.142. The minimum Gasteiger partial charge on any atom is -0.481 e. The van der Waals surface area contributed by atoms with Crippen LogP contribution >= 0.6 is 0 Å². The van der Waals surface area contributed by atoms with Crippen molar-refractivity contribution in [1.29, 1.82) is 0 Å². The van der Waals surface area contributed by atoms with Crippen LogP contribution in [0.4, 0.5) is 0 Å².